The predicted octanol–water partition coefficient (Wildman–Crippen LogP) is 7.91. The van der Waals surface area contributed by atoms with E-state index in [1.54, 1.807) is 4.40 Å². The zero-order chi connectivity index (χ0) is 21.9. The molecule has 0 unspecified atom stereocenters. The van der Waals surface area contributed by atoms with Crippen LogP contribution in [0.2, 0.25) is 17.3 Å². The number of aromatic nitrogens is 1. The van der Waals surface area contributed by atoms with Crippen molar-refractivity contribution in [2.75, 3.05) is 0 Å². The summed E-state index contributed by atoms with van der Waals surface area (Å²) in [5.41, 5.74) is 2.25. The summed E-state index contributed by atoms with van der Waals surface area (Å²) in [6.45, 7) is 0. The fraction of sp³-hybridized carbons (Fsp3) is 0.100. The summed E-state index contributed by atoms with van der Waals surface area (Å²) in [6, 6.07) is 33.2. The minimum atomic E-state index is -2.06. The molecule has 0 aliphatic carbocycles. The van der Waals surface area contributed by atoms with Crippen LogP contribution in [0.3, 0.4) is 0 Å². The van der Waals surface area contributed by atoms with Crippen molar-refractivity contribution in [1.29, 1.82) is 0 Å². The molecule has 0 saturated heterocycles. The number of benzene rings is 5. The van der Waals surface area contributed by atoms with Gasteiger partial charge in [0.1, 0.15) is 0 Å². The van der Waals surface area contributed by atoms with Gasteiger partial charge in [0.05, 0.1) is 0 Å². The number of rotatable bonds is 2. The molecule has 0 N–H and O–H groups in total. The molecule has 0 spiro atoms. The van der Waals surface area contributed by atoms with Gasteiger partial charge in [0.2, 0.25) is 0 Å². The molecule has 5 aromatic carbocycles. The summed E-state index contributed by atoms with van der Waals surface area (Å²) in [7, 11) is 0. The monoisotopic (exact) mass is 473 g/mol. The van der Waals surface area contributed by atoms with E-state index in [9.17, 15) is 0 Å². The molecule has 0 atom stereocenters. The molecule has 0 aliphatic rings. The second kappa shape index (κ2) is 7.18. The van der Waals surface area contributed by atoms with Crippen molar-refractivity contribution in [3.8, 4) is 11.3 Å². The van der Waals surface area contributed by atoms with Gasteiger partial charge in [0.15, 0.2) is 0 Å². The number of pyridine rings is 1. The van der Waals surface area contributed by atoms with Crippen molar-refractivity contribution in [2.24, 2.45) is 0 Å². The fourth-order valence-electron chi connectivity index (χ4n) is 5.04. The Morgan fingerprint density at radius 2 is 1.12 bits per heavy atom. The third-order valence-corrected chi connectivity index (χ3v) is 10.9. The van der Waals surface area contributed by atoms with Crippen LogP contribution in [0.4, 0.5) is 0 Å². The molecular formula is C30H25GeN. The van der Waals surface area contributed by atoms with Gasteiger partial charge in [-0.2, -0.15) is 0 Å². The summed E-state index contributed by atoms with van der Waals surface area (Å²) in [4.78, 5) is 4.99. The van der Waals surface area contributed by atoms with Gasteiger partial charge in [-0.3, -0.25) is 0 Å². The molecule has 1 heterocycles. The van der Waals surface area contributed by atoms with Crippen LogP contribution in [0, 0.1) is 0 Å². The van der Waals surface area contributed by atoms with Crippen LogP contribution in [0.15, 0.2) is 97.2 Å². The third kappa shape index (κ3) is 3.03. The van der Waals surface area contributed by atoms with E-state index >= 15 is 0 Å². The van der Waals surface area contributed by atoms with E-state index in [2.05, 4.69) is 114 Å². The Kier molecular flexibility index (Phi) is 4.38. The van der Waals surface area contributed by atoms with Gasteiger partial charge in [-0.25, -0.2) is 0 Å². The van der Waals surface area contributed by atoms with E-state index in [0.717, 1.165) is 5.69 Å². The molecule has 0 aliphatic heterocycles. The van der Waals surface area contributed by atoms with Crippen molar-refractivity contribution in [2.45, 2.75) is 17.3 Å². The Balaban J connectivity index is 1.69. The summed E-state index contributed by atoms with van der Waals surface area (Å²) in [5, 5.41) is 10.3. The van der Waals surface area contributed by atoms with E-state index in [0.29, 0.717) is 0 Å². The molecule has 1 nitrogen and oxygen atoms in total. The van der Waals surface area contributed by atoms with Gasteiger partial charge >= 0.3 is 191 Å². The van der Waals surface area contributed by atoms with Crippen LogP contribution in [0.1, 0.15) is 0 Å². The maximum absolute atomic E-state index is 4.99. The first-order valence-electron chi connectivity index (χ1n) is 11.2. The van der Waals surface area contributed by atoms with Crippen LogP contribution >= 0.6 is 0 Å². The molecule has 1 aromatic heterocycles. The molecule has 0 radical (unpaired) electrons. The molecule has 6 aromatic rings. The van der Waals surface area contributed by atoms with Gasteiger partial charge in [0.25, 0.3) is 0 Å². The molecule has 0 fully saturated rings. The molecule has 2 heteroatoms. The first kappa shape index (κ1) is 19.5. The number of fused-ring (bicyclic) bond motifs is 6. The van der Waals surface area contributed by atoms with Gasteiger partial charge < -0.3 is 0 Å². The quantitative estimate of drug-likeness (QED) is 0.184. The molecule has 0 amide bonds. The zero-order valence-electron chi connectivity index (χ0n) is 18.7. The number of hydrogen-bond donors (Lipinski definition) is 0. The van der Waals surface area contributed by atoms with Crippen LogP contribution in [-0.4, -0.2) is 18.3 Å². The first-order valence-corrected chi connectivity index (χ1v) is 18.6. The van der Waals surface area contributed by atoms with E-state index in [4.69, 9.17) is 4.98 Å². The fourth-order valence-corrected chi connectivity index (χ4v) is 8.42. The third-order valence-electron chi connectivity index (χ3n) is 6.60. The van der Waals surface area contributed by atoms with Crippen molar-refractivity contribution in [3.05, 3.63) is 97.2 Å². The second-order valence-corrected chi connectivity index (χ2v) is 20.3. The summed E-state index contributed by atoms with van der Waals surface area (Å²) < 4.78 is 1.56. The summed E-state index contributed by atoms with van der Waals surface area (Å²) in [6.07, 6.45) is 2.08. The van der Waals surface area contributed by atoms with Gasteiger partial charge in [0, 0.05) is 0 Å². The first-order chi connectivity index (χ1) is 15.5. The van der Waals surface area contributed by atoms with E-state index < -0.39 is 13.3 Å². The van der Waals surface area contributed by atoms with Crippen LogP contribution < -0.4 is 4.40 Å². The number of nitrogens with zero attached hydrogens (tertiary/aromatic N) is 1. The van der Waals surface area contributed by atoms with Crippen LogP contribution in [0.5, 0.6) is 0 Å². The Labute approximate surface area is 191 Å². The van der Waals surface area contributed by atoms with Gasteiger partial charge in [-0.15, -0.1) is 0 Å². The molecule has 0 saturated carbocycles. The van der Waals surface area contributed by atoms with Crippen LogP contribution in [0.25, 0.3) is 54.3 Å². The SMILES string of the molecule is [CH3][Ge]([CH3])([CH3])[c]1cc2cc(-c3cc4ccccc4c4ccccc34)ncc2c2ccccc12. The predicted molar refractivity (Wildman–Crippen MR) is 143 cm³/mol. The van der Waals surface area contributed by atoms with Crippen molar-refractivity contribution >= 4 is 60.8 Å². The average molecular weight is 472 g/mol. The van der Waals surface area contributed by atoms with Gasteiger partial charge in [-0.1, -0.05) is 0 Å². The Hall–Kier alpha value is -3.17. The Morgan fingerprint density at radius 3 is 1.84 bits per heavy atom. The second-order valence-electron chi connectivity index (χ2n) is 9.70. The van der Waals surface area contributed by atoms with E-state index in [1.807, 2.05) is 0 Å². The maximum atomic E-state index is 4.99. The average Bonchev–Trinajstić information content (AvgIpc) is 2.82. The molecule has 0 bridgehead atoms. The Morgan fingerprint density at radius 1 is 0.531 bits per heavy atom. The summed E-state index contributed by atoms with van der Waals surface area (Å²) >= 11 is -2.06. The van der Waals surface area contributed by atoms with Gasteiger partial charge in [-0.05, 0) is 0 Å². The Bertz CT molecular complexity index is 1660. The topological polar surface area (TPSA) is 12.9 Å². The van der Waals surface area contributed by atoms with E-state index in [-0.39, 0.29) is 0 Å². The molecular weight excluding hydrogens is 447 g/mol. The molecule has 32 heavy (non-hydrogen) atoms. The normalized spacial score (nSPS) is 12.2. The molecule has 154 valence electrons. The van der Waals surface area contributed by atoms with Crippen LogP contribution in [-0.2, 0) is 0 Å². The van der Waals surface area contributed by atoms with Crippen molar-refractivity contribution < 1.29 is 0 Å². The van der Waals surface area contributed by atoms with Crippen molar-refractivity contribution in [1.82, 2.24) is 4.98 Å². The van der Waals surface area contributed by atoms with E-state index in [1.165, 1.54) is 48.7 Å². The van der Waals surface area contributed by atoms with Crippen molar-refractivity contribution in [3.63, 3.8) is 0 Å². The molecule has 6 rings (SSSR count). The summed E-state index contributed by atoms with van der Waals surface area (Å²) in [5.74, 6) is 7.44. The minimum absolute atomic E-state index is 1.04. The standard InChI is InChI=1S/C30H25GeN/c1-31(2,3)29-17-21-18-30(32-19-28(21)25-14-8-9-15-26(25)29)27-16-20-10-4-5-11-22(20)23-12-6-7-13-24(23)27/h4-19H,1-3H3. The number of hydrogen-bond acceptors (Lipinski definition) is 1. The zero-order valence-corrected chi connectivity index (χ0v) is 20.8.